The van der Waals surface area contributed by atoms with E-state index in [9.17, 15) is 4.79 Å². The van der Waals surface area contributed by atoms with Gasteiger partial charge in [-0.25, -0.2) is 4.79 Å². The minimum atomic E-state index is -0.665. The van der Waals surface area contributed by atoms with Gasteiger partial charge in [0.1, 0.15) is 5.76 Å². The summed E-state index contributed by atoms with van der Waals surface area (Å²) >= 11 is 0. The summed E-state index contributed by atoms with van der Waals surface area (Å²) in [6.45, 7) is 3.76. The molecule has 0 atom stereocenters. The van der Waals surface area contributed by atoms with Crippen molar-refractivity contribution in [1.29, 1.82) is 0 Å². The first-order chi connectivity index (χ1) is 7.22. The average molecular weight is 206 g/mol. The Bertz CT molecular complexity index is 341. The predicted octanol–water partition coefficient (Wildman–Crippen LogP) is 3.22. The highest BCUT2D eigenvalue weighted by Crippen LogP contribution is 2.07. The van der Waals surface area contributed by atoms with Crippen LogP contribution in [0.5, 0.6) is 0 Å². The van der Waals surface area contributed by atoms with E-state index in [-0.39, 0.29) is 0 Å². The first-order valence-electron chi connectivity index (χ1n) is 4.80. The van der Waals surface area contributed by atoms with E-state index in [0.29, 0.717) is 12.4 Å². The van der Waals surface area contributed by atoms with E-state index in [1.165, 1.54) is 0 Å². The summed E-state index contributed by atoms with van der Waals surface area (Å²) < 4.78 is 9.54. The lowest BCUT2D eigenvalue weighted by molar-refractivity contribution is 0.0826. The second-order valence-corrected chi connectivity index (χ2v) is 2.95. The zero-order chi connectivity index (χ0) is 11.1. The fraction of sp³-hybridized carbons (Fsp3) is 0.250. The van der Waals surface area contributed by atoms with Crippen molar-refractivity contribution < 1.29 is 14.3 Å². The number of hydrogen-bond acceptors (Lipinski definition) is 3. The van der Waals surface area contributed by atoms with Crippen molar-refractivity contribution in [2.24, 2.45) is 0 Å². The Labute approximate surface area is 89.3 Å². The third-order valence-electron chi connectivity index (χ3n) is 1.68. The number of carbonyl (C=O) groups is 1. The van der Waals surface area contributed by atoms with Crippen LogP contribution in [0.2, 0.25) is 0 Å². The molecule has 0 radical (unpaired) electrons. The monoisotopic (exact) mass is 206 g/mol. The molecule has 3 heteroatoms. The third-order valence-corrected chi connectivity index (χ3v) is 1.68. The molecular formula is C12H14O3. The summed E-state index contributed by atoms with van der Waals surface area (Å²) in [5, 5.41) is 0. The first-order valence-corrected chi connectivity index (χ1v) is 4.80. The van der Waals surface area contributed by atoms with Crippen LogP contribution in [0.1, 0.15) is 19.4 Å². The number of benzene rings is 1. The molecule has 1 rings (SSSR count). The van der Waals surface area contributed by atoms with Gasteiger partial charge in [-0.1, -0.05) is 30.3 Å². The molecule has 0 spiro atoms. The standard InChI is InChI=1S/C12H14O3/c1-3-14-12(13)15-10(2)9-11-7-5-4-6-8-11/h4-9H,3H2,1-2H3. The Balaban J connectivity index is 2.57. The molecule has 80 valence electrons. The van der Waals surface area contributed by atoms with Gasteiger partial charge in [0.05, 0.1) is 6.61 Å². The molecule has 0 N–H and O–H groups in total. The molecule has 0 saturated carbocycles. The van der Waals surface area contributed by atoms with Crippen LogP contribution in [0, 0.1) is 0 Å². The second-order valence-electron chi connectivity index (χ2n) is 2.95. The Morgan fingerprint density at radius 3 is 2.60 bits per heavy atom. The van der Waals surface area contributed by atoms with Gasteiger partial charge in [0, 0.05) is 0 Å². The lowest BCUT2D eigenvalue weighted by Gasteiger charge is -2.03. The molecule has 3 nitrogen and oxygen atoms in total. The molecular weight excluding hydrogens is 192 g/mol. The molecule has 1 aromatic rings. The molecule has 0 amide bonds. The molecule has 0 aromatic heterocycles. The molecule has 0 aliphatic rings. The first kappa shape index (κ1) is 11.3. The molecule has 0 fully saturated rings. The van der Waals surface area contributed by atoms with Crippen LogP contribution in [0.4, 0.5) is 4.79 Å². The third kappa shape index (κ3) is 4.31. The molecule has 15 heavy (non-hydrogen) atoms. The lowest BCUT2D eigenvalue weighted by atomic mass is 10.2. The molecule has 0 unspecified atom stereocenters. The fourth-order valence-electron chi connectivity index (χ4n) is 1.09. The summed E-state index contributed by atoms with van der Waals surface area (Å²) in [7, 11) is 0. The SMILES string of the molecule is CCOC(=O)OC(C)=Cc1ccccc1. The van der Waals surface area contributed by atoms with Crippen molar-refractivity contribution in [3.05, 3.63) is 41.7 Å². The van der Waals surface area contributed by atoms with E-state index in [2.05, 4.69) is 4.74 Å². The van der Waals surface area contributed by atoms with E-state index in [4.69, 9.17) is 4.74 Å². The Hall–Kier alpha value is -1.77. The van der Waals surface area contributed by atoms with Crippen LogP contribution >= 0.6 is 0 Å². The maximum atomic E-state index is 11.0. The fourth-order valence-corrected chi connectivity index (χ4v) is 1.09. The van der Waals surface area contributed by atoms with Crippen molar-refractivity contribution in [2.45, 2.75) is 13.8 Å². The van der Waals surface area contributed by atoms with Gasteiger partial charge in [0.15, 0.2) is 0 Å². The van der Waals surface area contributed by atoms with E-state index in [1.54, 1.807) is 19.9 Å². The van der Waals surface area contributed by atoms with Gasteiger partial charge in [-0.2, -0.15) is 0 Å². The zero-order valence-electron chi connectivity index (χ0n) is 8.90. The number of hydrogen-bond donors (Lipinski definition) is 0. The van der Waals surface area contributed by atoms with Crippen LogP contribution in [0.15, 0.2) is 36.1 Å². The van der Waals surface area contributed by atoms with Gasteiger partial charge in [0.25, 0.3) is 0 Å². The quantitative estimate of drug-likeness (QED) is 0.562. The van der Waals surface area contributed by atoms with E-state index in [0.717, 1.165) is 5.56 Å². The summed E-state index contributed by atoms with van der Waals surface area (Å²) in [6.07, 6.45) is 1.11. The molecule has 0 heterocycles. The molecule has 0 bridgehead atoms. The number of carbonyl (C=O) groups excluding carboxylic acids is 1. The van der Waals surface area contributed by atoms with Crippen molar-refractivity contribution in [3.8, 4) is 0 Å². The van der Waals surface area contributed by atoms with Gasteiger partial charge < -0.3 is 9.47 Å². The van der Waals surface area contributed by atoms with Crippen molar-refractivity contribution in [3.63, 3.8) is 0 Å². The average Bonchev–Trinajstić information content (AvgIpc) is 2.19. The number of ether oxygens (including phenoxy) is 2. The lowest BCUT2D eigenvalue weighted by Crippen LogP contribution is -2.05. The highest BCUT2D eigenvalue weighted by Gasteiger charge is 2.02. The Morgan fingerprint density at radius 2 is 2.00 bits per heavy atom. The second kappa shape index (κ2) is 5.86. The van der Waals surface area contributed by atoms with E-state index >= 15 is 0 Å². The van der Waals surface area contributed by atoms with Gasteiger partial charge >= 0.3 is 6.16 Å². The summed E-state index contributed by atoms with van der Waals surface area (Å²) in [5.41, 5.74) is 0.985. The van der Waals surface area contributed by atoms with Gasteiger partial charge in [-0.3, -0.25) is 0 Å². The van der Waals surface area contributed by atoms with Crippen LogP contribution in [-0.2, 0) is 9.47 Å². The van der Waals surface area contributed by atoms with E-state index in [1.807, 2.05) is 30.3 Å². The van der Waals surface area contributed by atoms with Crippen molar-refractivity contribution >= 4 is 12.2 Å². The van der Waals surface area contributed by atoms with Gasteiger partial charge in [-0.05, 0) is 25.5 Å². The molecule has 0 saturated heterocycles. The minimum Gasteiger partial charge on any atom is -0.434 e. The summed E-state index contributed by atoms with van der Waals surface area (Å²) in [5.74, 6) is 0.514. The predicted molar refractivity (Wildman–Crippen MR) is 58.2 cm³/mol. The molecule has 1 aromatic carbocycles. The van der Waals surface area contributed by atoms with Crippen LogP contribution in [0.3, 0.4) is 0 Å². The van der Waals surface area contributed by atoms with Crippen LogP contribution < -0.4 is 0 Å². The van der Waals surface area contributed by atoms with Gasteiger partial charge in [0.2, 0.25) is 0 Å². The van der Waals surface area contributed by atoms with Crippen LogP contribution in [0.25, 0.3) is 6.08 Å². The van der Waals surface area contributed by atoms with Crippen molar-refractivity contribution in [1.82, 2.24) is 0 Å². The highest BCUT2D eigenvalue weighted by atomic mass is 16.7. The Kier molecular flexibility index (Phi) is 4.41. The highest BCUT2D eigenvalue weighted by molar-refractivity contribution is 5.63. The largest absolute Gasteiger partial charge is 0.513 e. The number of rotatable bonds is 3. The maximum absolute atomic E-state index is 11.0. The summed E-state index contributed by atoms with van der Waals surface area (Å²) in [6, 6.07) is 9.63. The summed E-state index contributed by atoms with van der Waals surface area (Å²) in [4.78, 5) is 11.0. The topological polar surface area (TPSA) is 35.5 Å². The molecule has 0 aliphatic heterocycles. The Morgan fingerprint density at radius 1 is 1.33 bits per heavy atom. The normalized spacial score (nSPS) is 10.9. The van der Waals surface area contributed by atoms with E-state index < -0.39 is 6.16 Å². The minimum absolute atomic E-state index is 0.317. The van der Waals surface area contributed by atoms with Crippen molar-refractivity contribution in [2.75, 3.05) is 6.61 Å². The maximum Gasteiger partial charge on any atom is 0.513 e. The molecule has 0 aliphatic carbocycles. The number of allylic oxidation sites excluding steroid dienone is 1. The van der Waals surface area contributed by atoms with Crippen LogP contribution in [-0.4, -0.2) is 12.8 Å². The zero-order valence-corrected chi connectivity index (χ0v) is 8.90. The smallest absolute Gasteiger partial charge is 0.434 e. The van der Waals surface area contributed by atoms with Gasteiger partial charge in [-0.15, -0.1) is 0 Å².